The molecule has 0 radical (unpaired) electrons. The van der Waals surface area contributed by atoms with Crippen molar-refractivity contribution < 1.29 is 4.42 Å². The highest BCUT2D eigenvalue weighted by Crippen LogP contribution is 2.33. The van der Waals surface area contributed by atoms with Crippen molar-refractivity contribution in [2.75, 3.05) is 6.54 Å². The van der Waals surface area contributed by atoms with Crippen LogP contribution in [-0.2, 0) is 13.0 Å². The van der Waals surface area contributed by atoms with Crippen LogP contribution < -0.4 is 5.63 Å². The number of benzene rings is 2. The second-order valence-corrected chi connectivity index (χ2v) is 6.81. The second kappa shape index (κ2) is 6.85. The molecular formula is C22H23NO2. The average molecular weight is 333 g/mol. The summed E-state index contributed by atoms with van der Waals surface area (Å²) in [6.45, 7) is 3.96. The van der Waals surface area contributed by atoms with E-state index < -0.39 is 0 Å². The first-order chi connectivity index (χ1) is 12.2. The number of nitrogens with zero attached hydrogens (tertiary/aromatic N) is 1. The van der Waals surface area contributed by atoms with Crippen LogP contribution >= 0.6 is 0 Å². The van der Waals surface area contributed by atoms with E-state index in [1.165, 1.54) is 24.0 Å². The van der Waals surface area contributed by atoms with Gasteiger partial charge in [0, 0.05) is 24.0 Å². The van der Waals surface area contributed by atoms with E-state index in [1.54, 1.807) is 6.07 Å². The minimum atomic E-state index is -0.258. The Morgan fingerprint density at radius 3 is 2.76 bits per heavy atom. The van der Waals surface area contributed by atoms with Crippen molar-refractivity contribution in [2.24, 2.45) is 0 Å². The Kier molecular flexibility index (Phi) is 4.41. The van der Waals surface area contributed by atoms with Crippen molar-refractivity contribution in [3.63, 3.8) is 0 Å². The lowest BCUT2D eigenvalue weighted by atomic mass is 10.0. The van der Waals surface area contributed by atoms with E-state index in [9.17, 15) is 4.79 Å². The Morgan fingerprint density at radius 2 is 1.96 bits per heavy atom. The Labute approximate surface area is 147 Å². The molecule has 0 unspecified atom stereocenters. The van der Waals surface area contributed by atoms with Gasteiger partial charge in [0.05, 0.1) is 0 Å². The van der Waals surface area contributed by atoms with Crippen molar-refractivity contribution in [1.29, 1.82) is 0 Å². The molecule has 0 bridgehead atoms. The Morgan fingerprint density at radius 1 is 1.12 bits per heavy atom. The molecule has 1 aliphatic rings. The first-order valence-corrected chi connectivity index (χ1v) is 9.09. The third-order valence-electron chi connectivity index (χ3n) is 5.22. The maximum atomic E-state index is 12.0. The van der Waals surface area contributed by atoms with E-state index in [1.807, 2.05) is 6.07 Å². The summed E-state index contributed by atoms with van der Waals surface area (Å²) in [6.07, 6.45) is 3.30. The first kappa shape index (κ1) is 16.1. The third kappa shape index (κ3) is 3.24. The molecule has 0 saturated carbocycles. The van der Waals surface area contributed by atoms with Gasteiger partial charge >= 0.3 is 5.63 Å². The monoisotopic (exact) mass is 333 g/mol. The molecule has 1 atom stereocenters. The Bertz CT molecular complexity index is 930. The fourth-order valence-electron chi connectivity index (χ4n) is 3.91. The van der Waals surface area contributed by atoms with Gasteiger partial charge in [0.2, 0.25) is 0 Å². The molecule has 1 aliphatic heterocycles. The smallest absolute Gasteiger partial charge is 0.336 e. The number of hydrogen-bond acceptors (Lipinski definition) is 3. The Hall–Kier alpha value is -2.39. The van der Waals surface area contributed by atoms with E-state index in [0.29, 0.717) is 11.6 Å². The van der Waals surface area contributed by atoms with Crippen LogP contribution in [0.4, 0.5) is 0 Å². The summed E-state index contributed by atoms with van der Waals surface area (Å²) in [6, 6.07) is 19.0. The molecule has 1 fully saturated rings. The van der Waals surface area contributed by atoms with Gasteiger partial charge in [-0.1, -0.05) is 49.4 Å². The lowest BCUT2D eigenvalue weighted by molar-refractivity contribution is 0.249. The topological polar surface area (TPSA) is 33.5 Å². The molecule has 2 aromatic carbocycles. The van der Waals surface area contributed by atoms with Crippen molar-refractivity contribution in [2.45, 2.75) is 38.8 Å². The molecular weight excluding hydrogens is 310 g/mol. The molecule has 0 spiro atoms. The van der Waals surface area contributed by atoms with Crippen LogP contribution in [-0.4, -0.2) is 11.4 Å². The van der Waals surface area contributed by atoms with Gasteiger partial charge in [-0.15, -0.1) is 0 Å². The molecule has 2 heterocycles. The summed E-state index contributed by atoms with van der Waals surface area (Å²) in [5, 5.41) is 1.05. The zero-order chi connectivity index (χ0) is 17.2. The number of fused-ring (bicyclic) bond motifs is 1. The molecule has 128 valence electrons. The third-order valence-corrected chi connectivity index (χ3v) is 5.22. The predicted molar refractivity (Wildman–Crippen MR) is 101 cm³/mol. The zero-order valence-corrected chi connectivity index (χ0v) is 14.6. The number of likely N-dealkylation sites (tertiary alicyclic amines) is 1. The fraction of sp³-hybridized carbons (Fsp3) is 0.318. The quantitative estimate of drug-likeness (QED) is 0.649. The van der Waals surface area contributed by atoms with Gasteiger partial charge < -0.3 is 4.42 Å². The van der Waals surface area contributed by atoms with Crippen molar-refractivity contribution in [3.8, 4) is 0 Å². The van der Waals surface area contributed by atoms with Crippen LogP contribution in [0.5, 0.6) is 0 Å². The summed E-state index contributed by atoms with van der Waals surface area (Å²) in [7, 11) is 0. The van der Waals surface area contributed by atoms with Gasteiger partial charge in [0.15, 0.2) is 0 Å². The average Bonchev–Trinajstić information content (AvgIpc) is 3.10. The van der Waals surface area contributed by atoms with Gasteiger partial charge in [-0.05, 0) is 48.6 Å². The molecule has 1 aromatic heterocycles. The molecule has 3 aromatic rings. The van der Waals surface area contributed by atoms with Gasteiger partial charge in [0.25, 0.3) is 0 Å². The summed E-state index contributed by atoms with van der Waals surface area (Å²) < 4.78 is 5.45. The minimum absolute atomic E-state index is 0.258. The van der Waals surface area contributed by atoms with Crippen LogP contribution in [0, 0.1) is 0 Å². The van der Waals surface area contributed by atoms with Crippen molar-refractivity contribution in [1.82, 2.24) is 4.90 Å². The highest BCUT2D eigenvalue weighted by Gasteiger charge is 2.26. The molecule has 25 heavy (non-hydrogen) atoms. The lowest BCUT2D eigenvalue weighted by Crippen LogP contribution is -2.23. The zero-order valence-electron chi connectivity index (χ0n) is 14.6. The molecule has 1 saturated heterocycles. The molecule has 3 nitrogen and oxygen atoms in total. The summed E-state index contributed by atoms with van der Waals surface area (Å²) in [4.78, 5) is 14.5. The van der Waals surface area contributed by atoms with Crippen LogP contribution in [0.2, 0.25) is 0 Å². The fourth-order valence-corrected chi connectivity index (χ4v) is 3.91. The second-order valence-electron chi connectivity index (χ2n) is 6.81. The molecule has 3 heteroatoms. The van der Waals surface area contributed by atoms with Gasteiger partial charge in [-0.25, -0.2) is 4.79 Å². The number of aryl methyl sites for hydroxylation is 1. The first-order valence-electron chi connectivity index (χ1n) is 9.09. The van der Waals surface area contributed by atoms with Crippen LogP contribution in [0.25, 0.3) is 11.0 Å². The van der Waals surface area contributed by atoms with E-state index >= 15 is 0 Å². The lowest BCUT2D eigenvalue weighted by Gasteiger charge is -2.25. The Balaban J connectivity index is 1.69. The predicted octanol–water partition coefficient (Wildman–Crippen LogP) is 4.69. The number of hydrogen-bond donors (Lipinski definition) is 0. The van der Waals surface area contributed by atoms with E-state index in [-0.39, 0.29) is 5.63 Å². The summed E-state index contributed by atoms with van der Waals surface area (Å²) in [5.41, 5.74) is 4.07. The van der Waals surface area contributed by atoms with Crippen LogP contribution in [0.3, 0.4) is 0 Å². The minimum Gasteiger partial charge on any atom is -0.423 e. The summed E-state index contributed by atoms with van der Waals surface area (Å²) >= 11 is 0. The molecule has 4 rings (SSSR count). The number of rotatable bonds is 4. The van der Waals surface area contributed by atoms with E-state index in [4.69, 9.17) is 4.42 Å². The highest BCUT2D eigenvalue weighted by molar-refractivity contribution is 5.80. The van der Waals surface area contributed by atoms with Gasteiger partial charge in [0.1, 0.15) is 5.58 Å². The largest absolute Gasteiger partial charge is 0.423 e. The van der Waals surface area contributed by atoms with E-state index in [2.05, 4.69) is 54.3 Å². The van der Waals surface area contributed by atoms with Gasteiger partial charge in [-0.2, -0.15) is 0 Å². The van der Waals surface area contributed by atoms with Crippen LogP contribution in [0.1, 0.15) is 42.5 Å². The standard InChI is InChI=1S/C22H23NO2/c1-2-16-10-11-19-18(14-22(24)25-21(19)13-16)15-23-12-6-9-20(23)17-7-4-3-5-8-17/h3-5,7-8,10-11,13-14,20H,2,6,9,12,15H2,1H3/t20-/m0/s1. The van der Waals surface area contributed by atoms with Crippen molar-refractivity contribution >= 4 is 11.0 Å². The SMILES string of the molecule is CCc1ccc2c(CN3CCC[C@H]3c3ccccc3)cc(=O)oc2c1. The molecule has 0 amide bonds. The highest BCUT2D eigenvalue weighted by atomic mass is 16.4. The normalized spacial score (nSPS) is 18.0. The maximum absolute atomic E-state index is 12.0. The van der Waals surface area contributed by atoms with Crippen LogP contribution in [0.15, 0.2) is 63.8 Å². The summed E-state index contributed by atoms with van der Waals surface area (Å²) in [5.74, 6) is 0. The van der Waals surface area contributed by atoms with Crippen molar-refractivity contribution in [3.05, 3.63) is 81.7 Å². The molecule has 0 aliphatic carbocycles. The molecule has 0 N–H and O–H groups in total. The van der Waals surface area contributed by atoms with E-state index in [0.717, 1.165) is 30.5 Å². The maximum Gasteiger partial charge on any atom is 0.336 e. The van der Waals surface area contributed by atoms with Gasteiger partial charge in [-0.3, -0.25) is 4.90 Å².